The summed E-state index contributed by atoms with van der Waals surface area (Å²) in [7, 11) is 0. The first-order valence-corrected chi connectivity index (χ1v) is 9.54. The monoisotopic (exact) mass is 432 g/mol. The molecule has 0 saturated heterocycles. The van der Waals surface area contributed by atoms with Gasteiger partial charge in [-0.15, -0.1) is 0 Å². The minimum absolute atomic E-state index is 0.0444. The number of halogens is 1. The molecule has 2 aromatic rings. The van der Waals surface area contributed by atoms with Gasteiger partial charge in [0.15, 0.2) is 0 Å². The first kappa shape index (κ1) is 21.0. The highest BCUT2D eigenvalue weighted by atomic mass is 79.9. The largest absolute Gasteiger partial charge is 0.490 e. The molecule has 0 atom stereocenters. The van der Waals surface area contributed by atoms with Gasteiger partial charge in [-0.25, -0.2) is 0 Å². The van der Waals surface area contributed by atoms with E-state index in [0.717, 1.165) is 0 Å². The number of carbonyl (C=O) groups is 2. The van der Waals surface area contributed by atoms with Crippen LogP contribution in [0.5, 0.6) is 5.75 Å². The van der Waals surface area contributed by atoms with Crippen molar-refractivity contribution in [3.63, 3.8) is 0 Å². The lowest BCUT2D eigenvalue weighted by Gasteiger charge is -2.20. The highest BCUT2D eigenvalue weighted by Gasteiger charge is 2.16. The summed E-state index contributed by atoms with van der Waals surface area (Å²) in [6.07, 6.45) is 0.0444. The maximum Gasteiger partial charge on any atom is 0.255 e. The number of anilines is 1. The van der Waals surface area contributed by atoms with E-state index in [1.807, 2.05) is 34.6 Å². The van der Waals surface area contributed by atoms with Crippen LogP contribution in [0.25, 0.3) is 0 Å². The Kier molecular flexibility index (Phi) is 6.65. The third kappa shape index (κ3) is 6.40. The van der Waals surface area contributed by atoms with Gasteiger partial charge in [-0.05, 0) is 86.9 Å². The Morgan fingerprint density at radius 1 is 1.00 bits per heavy atom. The summed E-state index contributed by atoms with van der Waals surface area (Å²) in [5.74, 6) is 0.235. The average Bonchev–Trinajstić information content (AvgIpc) is 2.55. The number of ether oxygens (including phenoxy) is 1. The normalized spacial score (nSPS) is 11.2. The van der Waals surface area contributed by atoms with Gasteiger partial charge in [-0.2, -0.15) is 0 Å². The van der Waals surface area contributed by atoms with Crippen LogP contribution < -0.4 is 15.4 Å². The van der Waals surface area contributed by atoms with Crippen molar-refractivity contribution in [1.82, 2.24) is 5.32 Å². The van der Waals surface area contributed by atoms with Crippen LogP contribution in [0, 0.1) is 0 Å². The molecule has 5 nitrogen and oxygen atoms in total. The second-order valence-electron chi connectivity index (χ2n) is 7.55. The summed E-state index contributed by atoms with van der Waals surface area (Å²) >= 11 is 3.43. The molecule has 2 rings (SSSR count). The van der Waals surface area contributed by atoms with Gasteiger partial charge in [0, 0.05) is 22.4 Å². The van der Waals surface area contributed by atoms with Gasteiger partial charge in [0.1, 0.15) is 5.75 Å². The number of nitrogens with one attached hydrogen (secondary N) is 2. The summed E-state index contributed by atoms with van der Waals surface area (Å²) in [6.45, 7) is 9.63. The van der Waals surface area contributed by atoms with Gasteiger partial charge < -0.3 is 15.4 Å². The third-order valence-electron chi connectivity index (χ3n) is 3.43. The van der Waals surface area contributed by atoms with Crippen molar-refractivity contribution >= 4 is 33.4 Å². The van der Waals surface area contributed by atoms with Gasteiger partial charge in [0.2, 0.25) is 0 Å². The molecule has 2 amide bonds. The average molecular weight is 433 g/mol. The van der Waals surface area contributed by atoms with Crippen molar-refractivity contribution in [2.24, 2.45) is 0 Å². The molecule has 144 valence electrons. The maximum atomic E-state index is 12.5. The summed E-state index contributed by atoms with van der Waals surface area (Å²) in [6, 6.07) is 12.0. The van der Waals surface area contributed by atoms with Crippen LogP contribution >= 0.6 is 15.9 Å². The lowest BCUT2D eigenvalue weighted by atomic mass is 10.1. The van der Waals surface area contributed by atoms with Crippen LogP contribution in [-0.4, -0.2) is 23.5 Å². The van der Waals surface area contributed by atoms with E-state index in [0.29, 0.717) is 27.0 Å². The van der Waals surface area contributed by atoms with E-state index in [1.165, 1.54) is 0 Å². The molecule has 0 spiro atoms. The van der Waals surface area contributed by atoms with Gasteiger partial charge in [-0.3, -0.25) is 9.59 Å². The van der Waals surface area contributed by atoms with Crippen LogP contribution in [0.2, 0.25) is 0 Å². The van der Waals surface area contributed by atoms with Crippen LogP contribution in [-0.2, 0) is 0 Å². The maximum absolute atomic E-state index is 12.5. The Morgan fingerprint density at radius 3 is 2.26 bits per heavy atom. The highest BCUT2D eigenvalue weighted by molar-refractivity contribution is 9.10. The predicted octanol–water partition coefficient (Wildman–Crippen LogP) is 5.02. The third-order valence-corrected chi connectivity index (χ3v) is 4.05. The molecule has 6 heteroatoms. The number of amides is 2. The van der Waals surface area contributed by atoms with Crippen molar-refractivity contribution in [2.75, 3.05) is 5.32 Å². The van der Waals surface area contributed by atoms with E-state index in [2.05, 4.69) is 26.6 Å². The minimum atomic E-state index is -0.331. The fourth-order valence-corrected chi connectivity index (χ4v) is 2.82. The summed E-state index contributed by atoms with van der Waals surface area (Å²) in [4.78, 5) is 24.8. The van der Waals surface area contributed by atoms with Gasteiger partial charge in [0.25, 0.3) is 11.8 Å². The van der Waals surface area contributed by atoms with Crippen LogP contribution in [0.1, 0.15) is 55.3 Å². The number of benzene rings is 2. The lowest BCUT2D eigenvalue weighted by molar-refractivity contribution is 0.0918. The zero-order chi connectivity index (χ0) is 20.2. The van der Waals surface area contributed by atoms with E-state index in [4.69, 9.17) is 4.74 Å². The molecule has 0 radical (unpaired) electrons. The molecule has 0 saturated carbocycles. The molecule has 0 fully saturated rings. The molecule has 0 bridgehead atoms. The molecular weight excluding hydrogens is 408 g/mol. The van der Waals surface area contributed by atoms with Gasteiger partial charge >= 0.3 is 0 Å². The Hall–Kier alpha value is -2.34. The van der Waals surface area contributed by atoms with E-state index < -0.39 is 0 Å². The standard InChI is InChI=1S/C21H25BrN2O3/c1-13(2)27-18-10-9-15(12-17(18)22)19(25)23-16-8-6-7-14(11-16)20(26)24-21(3,4)5/h6-13H,1-5H3,(H,23,25)(H,24,26). The minimum Gasteiger partial charge on any atom is -0.490 e. The second-order valence-corrected chi connectivity index (χ2v) is 8.41. The Balaban J connectivity index is 2.13. The fraction of sp³-hybridized carbons (Fsp3) is 0.333. The predicted molar refractivity (Wildman–Crippen MR) is 112 cm³/mol. The highest BCUT2D eigenvalue weighted by Crippen LogP contribution is 2.27. The Morgan fingerprint density at radius 2 is 1.67 bits per heavy atom. The summed E-state index contributed by atoms with van der Waals surface area (Å²) in [5, 5.41) is 5.73. The van der Waals surface area contributed by atoms with Crippen molar-refractivity contribution < 1.29 is 14.3 Å². The molecule has 0 aliphatic carbocycles. The van der Waals surface area contributed by atoms with Gasteiger partial charge in [-0.1, -0.05) is 6.07 Å². The van der Waals surface area contributed by atoms with Gasteiger partial charge in [0.05, 0.1) is 10.6 Å². The van der Waals surface area contributed by atoms with Crippen molar-refractivity contribution in [1.29, 1.82) is 0 Å². The zero-order valence-corrected chi connectivity index (χ0v) is 17.8. The Bertz CT molecular complexity index is 842. The first-order chi connectivity index (χ1) is 12.5. The van der Waals surface area contributed by atoms with Crippen LogP contribution in [0.15, 0.2) is 46.9 Å². The second kappa shape index (κ2) is 8.57. The number of carbonyl (C=O) groups excluding carboxylic acids is 2. The first-order valence-electron chi connectivity index (χ1n) is 8.75. The van der Waals surface area contributed by atoms with Crippen molar-refractivity contribution in [2.45, 2.75) is 46.3 Å². The van der Waals surface area contributed by atoms with E-state index in [9.17, 15) is 9.59 Å². The fourth-order valence-electron chi connectivity index (χ4n) is 2.35. The summed E-state index contributed by atoms with van der Waals surface area (Å²) < 4.78 is 6.37. The smallest absolute Gasteiger partial charge is 0.255 e. The molecule has 0 heterocycles. The number of hydrogen-bond donors (Lipinski definition) is 2. The molecule has 0 aromatic heterocycles. The molecule has 27 heavy (non-hydrogen) atoms. The van der Waals surface area contributed by atoms with Crippen LogP contribution in [0.4, 0.5) is 5.69 Å². The number of rotatable bonds is 5. The van der Waals surface area contributed by atoms with Crippen molar-refractivity contribution in [3.8, 4) is 5.75 Å². The molecule has 0 aliphatic rings. The Labute approximate surface area is 168 Å². The van der Waals surface area contributed by atoms with E-state index >= 15 is 0 Å². The quantitative estimate of drug-likeness (QED) is 0.696. The van der Waals surface area contributed by atoms with Crippen molar-refractivity contribution in [3.05, 3.63) is 58.1 Å². The van der Waals surface area contributed by atoms with E-state index in [1.54, 1.807) is 42.5 Å². The molecule has 2 aromatic carbocycles. The molecule has 0 aliphatic heterocycles. The molecule has 0 unspecified atom stereocenters. The zero-order valence-electron chi connectivity index (χ0n) is 16.2. The van der Waals surface area contributed by atoms with Crippen LogP contribution in [0.3, 0.4) is 0 Å². The molecule has 2 N–H and O–H groups in total. The summed E-state index contributed by atoms with van der Waals surface area (Å²) in [5.41, 5.74) is 1.20. The topological polar surface area (TPSA) is 67.4 Å². The molecular formula is C21H25BrN2O3. The SMILES string of the molecule is CC(C)Oc1ccc(C(=O)Nc2cccc(C(=O)NC(C)(C)C)c2)cc1Br. The number of hydrogen-bond acceptors (Lipinski definition) is 3. The van der Waals surface area contributed by atoms with E-state index in [-0.39, 0.29) is 23.5 Å². The lowest BCUT2D eigenvalue weighted by Crippen LogP contribution is -2.40.